The third kappa shape index (κ3) is 5.70. The summed E-state index contributed by atoms with van der Waals surface area (Å²) in [5.41, 5.74) is 0.821. The number of rotatable bonds is 7. The molecule has 2 aromatic carbocycles. The quantitative estimate of drug-likeness (QED) is 0.515. The lowest BCUT2D eigenvalue weighted by Crippen LogP contribution is -2.25. The largest absolute Gasteiger partial charge is 0.493 e. The van der Waals surface area contributed by atoms with Gasteiger partial charge in [-0.25, -0.2) is 5.01 Å². The minimum Gasteiger partial charge on any atom is -0.493 e. The summed E-state index contributed by atoms with van der Waals surface area (Å²) in [6, 6.07) is 15.7. The molecule has 30 heavy (non-hydrogen) atoms. The predicted octanol–water partition coefficient (Wildman–Crippen LogP) is 3.87. The fourth-order valence-corrected chi connectivity index (χ4v) is 4.64. The molecule has 1 aliphatic heterocycles. The topological polar surface area (TPSA) is 80.2 Å². The molecule has 0 fully saturated rings. The van der Waals surface area contributed by atoms with Gasteiger partial charge in [0.05, 0.1) is 13.7 Å². The molecule has 1 N–H and O–H groups in total. The highest BCUT2D eigenvalue weighted by molar-refractivity contribution is 8.14. The van der Waals surface area contributed by atoms with Crippen LogP contribution in [0.1, 0.15) is 24.8 Å². The fraction of sp³-hybridized carbons (Fsp3) is 0.286. The average Bonchev–Trinajstić information content (AvgIpc) is 3.15. The van der Waals surface area contributed by atoms with Crippen LogP contribution in [0.15, 0.2) is 58.5 Å². The maximum atomic E-state index is 12.0. The third-order valence-electron chi connectivity index (χ3n) is 4.08. The van der Waals surface area contributed by atoms with Gasteiger partial charge in [0.25, 0.3) is 0 Å². The maximum absolute atomic E-state index is 12.0. The van der Waals surface area contributed by atoms with Crippen LogP contribution < -0.4 is 14.8 Å². The standard InChI is InChI=1S/C21H23N3O4S2/c1-14(25)22-21-23-24(15(2)26)20(30-21)16-9-10-18(19(13-16)27-3)28-11-12-29-17-7-5-4-6-8-17/h4-10,13,20H,11-12H2,1-3H3,(H,22,23,25)/t20-/m0/s1. The van der Waals surface area contributed by atoms with E-state index in [4.69, 9.17) is 9.47 Å². The van der Waals surface area contributed by atoms with E-state index in [1.54, 1.807) is 18.9 Å². The van der Waals surface area contributed by atoms with Crippen molar-refractivity contribution in [2.75, 3.05) is 19.5 Å². The van der Waals surface area contributed by atoms with Crippen LogP contribution in [0.4, 0.5) is 0 Å². The number of carbonyl (C=O) groups excluding carboxylic acids is 2. The average molecular weight is 446 g/mol. The fourth-order valence-electron chi connectivity index (χ4n) is 2.76. The van der Waals surface area contributed by atoms with Gasteiger partial charge in [0.1, 0.15) is 5.37 Å². The van der Waals surface area contributed by atoms with Crippen LogP contribution in [0.25, 0.3) is 0 Å². The molecule has 1 heterocycles. The zero-order valence-electron chi connectivity index (χ0n) is 17.0. The number of thioether (sulfide) groups is 2. The molecule has 1 atom stereocenters. The minimum atomic E-state index is -0.388. The monoisotopic (exact) mass is 445 g/mol. The number of hydrazone groups is 1. The van der Waals surface area contributed by atoms with Crippen LogP contribution >= 0.6 is 23.5 Å². The van der Waals surface area contributed by atoms with Crippen molar-refractivity contribution in [3.8, 4) is 11.5 Å². The molecule has 7 nitrogen and oxygen atoms in total. The molecular formula is C21H23N3O4S2. The molecule has 0 radical (unpaired) electrons. The molecule has 0 aliphatic carbocycles. The molecule has 0 aromatic heterocycles. The number of amides is 2. The first-order valence-electron chi connectivity index (χ1n) is 9.29. The van der Waals surface area contributed by atoms with Crippen molar-refractivity contribution in [3.05, 3.63) is 54.1 Å². The zero-order valence-corrected chi connectivity index (χ0v) is 18.6. The van der Waals surface area contributed by atoms with E-state index in [1.807, 2.05) is 36.4 Å². The van der Waals surface area contributed by atoms with Crippen LogP contribution in [0, 0.1) is 0 Å². The Morgan fingerprint density at radius 1 is 1.17 bits per heavy atom. The summed E-state index contributed by atoms with van der Waals surface area (Å²) in [7, 11) is 1.58. The van der Waals surface area contributed by atoms with Crippen LogP contribution in [-0.2, 0) is 9.59 Å². The van der Waals surface area contributed by atoms with Crippen LogP contribution in [-0.4, -0.2) is 41.5 Å². The van der Waals surface area contributed by atoms with Gasteiger partial charge in [-0.1, -0.05) is 36.0 Å². The van der Waals surface area contributed by atoms with Gasteiger partial charge in [-0.05, 0) is 29.8 Å². The molecular weight excluding hydrogens is 422 g/mol. The molecule has 3 rings (SSSR count). The van der Waals surface area contributed by atoms with Gasteiger partial charge < -0.3 is 14.8 Å². The highest BCUT2D eigenvalue weighted by Gasteiger charge is 2.32. The lowest BCUT2D eigenvalue weighted by Gasteiger charge is -2.20. The van der Waals surface area contributed by atoms with Crippen molar-refractivity contribution < 1.29 is 19.1 Å². The Morgan fingerprint density at radius 3 is 2.60 bits per heavy atom. The number of carbonyl (C=O) groups is 2. The van der Waals surface area contributed by atoms with E-state index in [2.05, 4.69) is 22.6 Å². The van der Waals surface area contributed by atoms with Crippen LogP contribution in [0.5, 0.6) is 11.5 Å². The number of benzene rings is 2. The highest BCUT2D eigenvalue weighted by atomic mass is 32.2. The second-order valence-corrected chi connectivity index (χ2v) is 8.58. The Balaban J connectivity index is 1.66. The molecule has 0 spiro atoms. The van der Waals surface area contributed by atoms with E-state index < -0.39 is 0 Å². The lowest BCUT2D eigenvalue weighted by atomic mass is 10.2. The molecule has 0 bridgehead atoms. The number of nitrogens with one attached hydrogen (secondary N) is 1. The molecule has 158 valence electrons. The molecule has 1 aliphatic rings. The second-order valence-electron chi connectivity index (χ2n) is 6.34. The van der Waals surface area contributed by atoms with E-state index in [9.17, 15) is 9.59 Å². The molecule has 2 aromatic rings. The van der Waals surface area contributed by atoms with Gasteiger partial charge in [0.2, 0.25) is 11.8 Å². The maximum Gasteiger partial charge on any atom is 0.241 e. The Kier molecular flexibility index (Phi) is 7.64. The van der Waals surface area contributed by atoms with E-state index in [0.29, 0.717) is 23.3 Å². The first kappa shape index (κ1) is 22.0. The smallest absolute Gasteiger partial charge is 0.241 e. The Labute approximate surface area is 184 Å². The number of methoxy groups -OCH3 is 1. The summed E-state index contributed by atoms with van der Waals surface area (Å²) in [5, 5.41) is 8.20. The van der Waals surface area contributed by atoms with Gasteiger partial charge in [-0.3, -0.25) is 9.59 Å². The van der Waals surface area contributed by atoms with Crippen molar-refractivity contribution in [1.29, 1.82) is 0 Å². The molecule has 0 saturated heterocycles. The predicted molar refractivity (Wildman–Crippen MR) is 120 cm³/mol. The van der Waals surface area contributed by atoms with Gasteiger partial charge in [-0.2, -0.15) is 0 Å². The van der Waals surface area contributed by atoms with E-state index in [1.165, 1.54) is 35.5 Å². The van der Waals surface area contributed by atoms with Gasteiger partial charge in [0, 0.05) is 24.5 Å². The normalized spacial score (nSPS) is 15.5. The number of ether oxygens (including phenoxy) is 2. The second kappa shape index (κ2) is 10.4. The summed E-state index contributed by atoms with van der Waals surface area (Å²) in [6.07, 6.45) is 0. The van der Waals surface area contributed by atoms with E-state index >= 15 is 0 Å². The number of amidine groups is 1. The van der Waals surface area contributed by atoms with Gasteiger partial charge in [-0.15, -0.1) is 16.9 Å². The first-order chi connectivity index (χ1) is 14.5. The number of hydrogen-bond donors (Lipinski definition) is 1. The Morgan fingerprint density at radius 2 is 1.93 bits per heavy atom. The van der Waals surface area contributed by atoms with E-state index in [-0.39, 0.29) is 17.2 Å². The summed E-state index contributed by atoms with van der Waals surface area (Å²) in [6.45, 7) is 3.37. The molecule has 2 amide bonds. The number of hydrogen-bond acceptors (Lipinski definition) is 7. The van der Waals surface area contributed by atoms with Crippen LogP contribution in [0.2, 0.25) is 0 Å². The van der Waals surface area contributed by atoms with Crippen molar-refractivity contribution in [1.82, 2.24) is 10.3 Å². The number of nitrogens with zero attached hydrogens (tertiary/aromatic N) is 2. The minimum absolute atomic E-state index is 0.218. The third-order valence-corrected chi connectivity index (χ3v) is 6.15. The van der Waals surface area contributed by atoms with Gasteiger partial charge >= 0.3 is 0 Å². The van der Waals surface area contributed by atoms with Crippen molar-refractivity contribution in [3.63, 3.8) is 0 Å². The van der Waals surface area contributed by atoms with Crippen molar-refractivity contribution in [2.24, 2.45) is 5.10 Å². The summed E-state index contributed by atoms with van der Waals surface area (Å²) >= 11 is 3.02. The summed E-state index contributed by atoms with van der Waals surface area (Å²) in [5.74, 6) is 1.56. The Hall–Kier alpha value is -2.65. The van der Waals surface area contributed by atoms with Crippen molar-refractivity contribution >= 4 is 40.5 Å². The summed E-state index contributed by atoms with van der Waals surface area (Å²) < 4.78 is 11.4. The lowest BCUT2D eigenvalue weighted by molar-refractivity contribution is -0.129. The molecule has 0 unspecified atom stereocenters. The molecule has 0 saturated carbocycles. The Bertz CT molecular complexity index is 937. The highest BCUT2D eigenvalue weighted by Crippen LogP contribution is 2.41. The van der Waals surface area contributed by atoms with E-state index in [0.717, 1.165) is 11.3 Å². The van der Waals surface area contributed by atoms with Gasteiger partial charge in [0.15, 0.2) is 16.7 Å². The zero-order chi connectivity index (χ0) is 21.5. The van der Waals surface area contributed by atoms with Crippen molar-refractivity contribution in [2.45, 2.75) is 24.1 Å². The molecule has 9 heteroatoms. The summed E-state index contributed by atoms with van der Waals surface area (Å²) in [4.78, 5) is 24.5. The first-order valence-corrected chi connectivity index (χ1v) is 11.2. The SMILES string of the molecule is COc1cc([C@@H]2SC(NC(C)=O)=NN2C(C)=O)ccc1OCCSc1ccccc1. The van der Waals surface area contributed by atoms with Crippen LogP contribution in [0.3, 0.4) is 0 Å².